The van der Waals surface area contributed by atoms with Crippen LogP contribution in [-0.2, 0) is 4.79 Å². The molecule has 1 rings (SSSR count). The zero-order valence-electron chi connectivity index (χ0n) is 6.89. The van der Waals surface area contributed by atoms with Crippen LogP contribution >= 0.6 is 0 Å². The van der Waals surface area contributed by atoms with Crippen molar-refractivity contribution in [3.05, 3.63) is 0 Å². The molecule has 0 aromatic carbocycles. The van der Waals surface area contributed by atoms with Crippen LogP contribution in [0.4, 0.5) is 0 Å². The summed E-state index contributed by atoms with van der Waals surface area (Å²) in [7, 11) is 0. The summed E-state index contributed by atoms with van der Waals surface area (Å²) in [5.74, 6) is 3.02. The third-order valence-corrected chi connectivity index (χ3v) is 1.48. The van der Waals surface area contributed by atoms with E-state index in [1.54, 1.807) is 0 Å². The molecule has 1 saturated carbocycles. The summed E-state index contributed by atoms with van der Waals surface area (Å²) in [4.78, 5) is 9.43. The van der Waals surface area contributed by atoms with Gasteiger partial charge in [0, 0.05) is 5.92 Å². The molecule has 11 heavy (non-hydrogen) atoms. The van der Waals surface area contributed by atoms with Crippen LogP contribution in [0.25, 0.3) is 0 Å². The van der Waals surface area contributed by atoms with Gasteiger partial charge in [-0.1, -0.05) is 38.0 Å². The Morgan fingerprint density at radius 2 is 1.55 bits per heavy atom. The van der Waals surface area contributed by atoms with Crippen LogP contribution in [0.5, 0.6) is 0 Å². The molecule has 1 fully saturated rings. The maximum atomic E-state index is 9.43. The lowest BCUT2D eigenvalue weighted by atomic mass is 10.4. The fraction of sp³-hybridized carbons (Fsp3) is 0.667. The van der Waals surface area contributed by atoms with Gasteiger partial charge in [0.25, 0.3) is 0 Å². The van der Waals surface area contributed by atoms with E-state index in [0.29, 0.717) is 0 Å². The number of carboxylic acids is 1. The smallest absolute Gasteiger partial charge is 0.381 e. The molecule has 2 heteroatoms. The van der Waals surface area contributed by atoms with Crippen molar-refractivity contribution < 1.29 is 9.90 Å². The highest BCUT2D eigenvalue weighted by Crippen LogP contribution is 2.15. The molecule has 62 valence electrons. The highest BCUT2D eigenvalue weighted by molar-refractivity contribution is 5.86. The van der Waals surface area contributed by atoms with Crippen LogP contribution < -0.4 is 0 Å². The summed E-state index contributed by atoms with van der Waals surface area (Å²) >= 11 is 0. The first kappa shape index (κ1) is 10.0. The van der Waals surface area contributed by atoms with Crippen LogP contribution in [-0.4, -0.2) is 11.1 Å². The quantitative estimate of drug-likeness (QED) is 0.542. The van der Waals surface area contributed by atoms with Crippen molar-refractivity contribution in [3.63, 3.8) is 0 Å². The molecule has 2 nitrogen and oxygen atoms in total. The Hall–Kier alpha value is -0.970. The van der Waals surface area contributed by atoms with E-state index in [0.717, 1.165) is 0 Å². The fourth-order valence-electron chi connectivity index (χ4n) is 0.991. The molecule has 0 bridgehead atoms. The molecule has 0 aromatic rings. The minimum Gasteiger partial charge on any atom is -0.472 e. The van der Waals surface area contributed by atoms with Crippen LogP contribution in [0.3, 0.4) is 0 Å². The number of carbonyl (C=O) groups is 1. The minimum absolute atomic E-state index is 1.07. The van der Waals surface area contributed by atoms with Gasteiger partial charge in [-0.2, -0.15) is 0 Å². The average Bonchev–Trinajstić information content (AvgIpc) is 2.41. The van der Waals surface area contributed by atoms with E-state index in [1.807, 2.05) is 5.92 Å². The largest absolute Gasteiger partial charge is 0.472 e. The summed E-state index contributed by atoms with van der Waals surface area (Å²) in [5, 5.41) is 7.74. The molecular formula is C9H14O2. The van der Waals surface area contributed by atoms with Crippen molar-refractivity contribution in [1.29, 1.82) is 0 Å². The molecule has 1 aliphatic rings. The lowest BCUT2D eigenvalue weighted by Gasteiger charge is -1.67. The first-order valence-corrected chi connectivity index (χ1v) is 3.93. The molecule has 0 heterocycles. The standard InChI is InChI=1S/C5H10.C4H4O2/c1-2-4-5-3-1;1-2-3-4(5)6/h1-5H2;1H3,(H,5,6). The summed E-state index contributed by atoms with van der Waals surface area (Å²) in [6.07, 6.45) is 7.50. The molecule has 0 atom stereocenters. The van der Waals surface area contributed by atoms with E-state index in [2.05, 4.69) is 5.92 Å². The zero-order chi connectivity index (χ0) is 8.53. The van der Waals surface area contributed by atoms with Crippen molar-refractivity contribution >= 4 is 5.97 Å². The van der Waals surface area contributed by atoms with E-state index in [-0.39, 0.29) is 0 Å². The highest BCUT2D eigenvalue weighted by Gasteiger charge is 1.95. The first-order chi connectivity index (χ1) is 5.27. The Morgan fingerprint density at radius 3 is 1.64 bits per heavy atom. The van der Waals surface area contributed by atoms with E-state index in [9.17, 15) is 4.79 Å². The van der Waals surface area contributed by atoms with Crippen molar-refractivity contribution in [1.82, 2.24) is 0 Å². The Labute approximate surface area is 67.6 Å². The first-order valence-electron chi connectivity index (χ1n) is 3.93. The predicted octanol–water partition coefficient (Wildman–Crippen LogP) is 2.04. The second kappa shape index (κ2) is 7.14. The molecule has 0 saturated heterocycles. The lowest BCUT2D eigenvalue weighted by Crippen LogP contribution is -1.84. The maximum absolute atomic E-state index is 9.43. The predicted molar refractivity (Wildman–Crippen MR) is 44.2 cm³/mol. The van der Waals surface area contributed by atoms with E-state index in [4.69, 9.17) is 5.11 Å². The molecule has 1 N–H and O–H groups in total. The lowest BCUT2D eigenvalue weighted by molar-refractivity contribution is -0.130. The average molecular weight is 154 g/mol. The van der Waals surface area contributed by atoms with E-state index in [1.165, 1.54) is 39.0 Å². The molecule has 0 aliphatic heterocycles. The Bertz CT molecular complexity index is 151. The molecule has 1 aliphatic carbocycles. The Morgan fingerprint density at radius 1 is 1.18 bits per heavy atom. The second-order valence-electron chi connectivity index (χ2n) is 2.45. The third kappa shape index (κ3) is 9.03. The second-order valence-corrected chi connectivity index (χ2v) is 2.45. The molecular weight excluding hydrogens is 140 g/mol. The summed E-state index contributed by atoms with van der Waals surface area (Å²) in [6, 6.07) is 0. The number of hydrogen-bond donors (Lipinski definition) is 1. The number of rotatable bonds is 0. The number of carboxylic acid groups (broad SMARTS) is 1. The van der Waals surface area contributed by atoms with Gasteiger partial charge in [0.2, 0.25) is 0 Å². The van der Waals surface area contributed by atoms with Crippen LogP contribution in [0.2, 0.25) is 0 Å². The SMILES string of the molecule is C1CCCC1.CC#CC(=O)O. The summed E-state index contributed by atoms with van der Waals surface area (Å²) in [5.41, 5.74) is 0. The van der Waals surface area contributed by atoms with Crippen molar-refractivity contribution in [2.75, 3.05) is 0 Å². The van der Waals surface area contributed by atoms with Gasteiger partial charge in [-0.3, -0.25) is 0 Å². The topological polar surface area (TPSA) is 37.3 Å². The van der Waals surface area contributed by atoms with Crippen LogP contribution in [0.1, 0.15) is 39.0 Å². The highest BCUT2D eigenvalue weighted by atomic mass is 16.4. The monoisotopic (exact) mass is 154 g/mol. The molecule has 0 amide bonds. The minimum atomic E-state index is -1.07. The fourth-order valence-corrected chi connectivity index (χ4v) is 0.991. The van der Waals surface area contributed by atoms with Gasteiger partial charge in [0.05, 0.1) is 0 Å². The Balaban J connectivity index is 0.000000183. The number of hydrogen-bond acceptors (Lipinski definition) is 1. The van der Waals surface area contributed by atoms with Gasteiger partial charge in [0.15, 0.2) is 0 Å². The van der Waals surface area contributed by atoms with E-state index >= 15 is 0 Å². The van der Waals surface area contributed by atoms with Gasteiger partial charge in [-0.25, -0.2) is 4.79 Å². The third-order valence-electron chi connectivity index (χ3n) is 1.48. The maximum Gasteiger partial charge on any atom is 0.381 e. The zero-order valence-corrected chi connectivity index (χ0v) is 6.89. The summed E-state index contributed by atoms with van der Waals surface area (Å²) in [6.45, 7) is 1.48. The molecule has 0 radical (unpaired) electrons. The number of aliphatic carboxylic acids is 1. The van der Waals surface area contributed by atoms with Crippen molar-refractivity contribution in [2.45, 2.75) is 39.0 Å². The Kier molecular flexibility index (Phi) is 6.51. The van der Waals surface area contributed by atoms with Gasteiger partial charge >= 0.3 is 5.97 Å². The van der Waals surface area contributed by atoms with Gasteiger partial charge < -0.3 is 5.11 Å². The molecule has 0 spiro atoms. The van der Waals surface area contributed by atoms with Crippen molar-refractivity contribution in [2.24, 2.45) is 0 Å². The van der Waals surface area contributed by atoms with E-state index < -0.39 is 5.97 Å². The molecule has 0 aromatic heterocycles. The van der Waals surface area contributed by atoms with Crippen LogP contribution in [0.15, 0.2) is 0 Å². The summed E-state index contributed by atoms with van der Waals surface area (Å²) < 4.78 is 0. The van der Waals surface area contributed by atoms with Gasteiger partial charge in [-0.05, 0) is 6.92 Å². The van der Waals surface area contributed by atoms with Gasteiger partial charge in [0.1, 0.15) is 0 Å². The van der Waals surface area contributed by atoms with Crippen LogP contribution in [0, 0.1) is 11.8 Å². The van der Waals surface area contributed by atoms with Gasteiger partial charge in [-0.15, -0.1) is 0 Å². The normalized spacial score (nSPS) is 13.9. The van der Waals surface area contributed by atoms with Crippen molar-refractivity contribution in [3.8, 4) is 11.8 Å². The molecule has 0 unspecified atom stereocenters.